The van der Waals surface area contributed by atoms with E-state index in [-0.39, 0.29) is 28.6 Å². The molecule has 7 nitrogen and oxygen atoms in total. The van der Waals surface area contributed by atoms with Gasteiger partial charge >= 0.3 is 6.18 Å². The number of hydrogen-bond acceptors (Lipinski definition) is 5. The Morgan fingerprint density at radius 1 is 0.929 bits per heavy atom. The van der Waals surface area contributed by atoms with Crippen LogP contribution in [0.5, 0.6) is 0 Å². The van der Waals surface area contributed by atoms with Gasteiger partial charge < -0.3 is 4.74 Å². The van der Waals surface area contributed by atoms with Crippen LogP contribution in [-0.2, 0) is 31.0 Å². The molecule has 2 N–H and O–H groups in total. The third-order valence-corrected chi connectivity index (χ3v) is 6.05. The molecular weight excluding hydrogens is 421 g/mol. The van der Waals surface area contributed by atoms with Gasteiger partial charge in [-0.1, -0.05) is 12.1 Å². The van der Waals surface area contributed by atoms with Crippen LogP contribution in [-0.4, -0.2) is 36.3 Å². The number of sulfonamides is 2. The second-order valence-electron chi connectivity index (χ2n) is 5.63. The van der Waals surface area contributed by atoms with E-state index in [2.05, 4.69) is 9.46 Å². The topological polar surface area (TPSA) is 102 Å². The quantitative estimate of drug-likeness (QED) is 0.660. The summed E-state index contributed by atoms with van der Waals surface area (Å²) in [6.07, 6.45) is -4.62. The van der Waals surface area contributed by atoms with Crippen molar-refractivity contribution in [2.24, 2.45) is 0 Å². The zero-order chi connectivity index (χ0) is 21.0. The van der Waals surface area contributed by atoms with Crippen molar-refractivity contribution in [2.45, 2.75) is 11.1 Å². The van der Waals surface area contributed by atoms with Crippen molar-refractivity contribution in [3.8, 4) is 0 Å². The Labute approximate surface area is 160 Å². The van der Waals surface area contributed by atoms with Gasteiger partial charge in [-0.05, 0) is 36.4 Å². The molecule has 0 bridgehead atoms. The van der Waals surface area contributed by atoms with Crippen molar-refractivity contribution in [1.29, 1.82) is 0 Å². The molecule has 0 saturated heterocycles. The molecular formula is C16H17F3N2O5S2. The van der Waals surface area contributed by atoms with E-state index in [1.54, 1.807) is 0 Å². The molecule has 2 aromatic rings. The summed E-state index contributed by atoms with van der Waals surface area (Å²) >= 11 is 0. The lowest BCUT2D eigenvalue weighted by Gasteiger charge is -2.12. The average molecular weight is 438 g/mol. The summed E-state index contributed by atoms with van der Waals surface area (Å²) in [4.78, 5) is -0.322. The average Bonchev–Trinajstić information content (AvgIpc) is 2.59. The van der Waals surface area contributed by atoms with Crippen LogP contribution in [0.1, 0.15) is 5.56 Å². The van der Waals surface area contributed by atoms with Crippen LogP contribution in [0.3, 0.4) is 0 Å². The van der Waals surface area contributed by atoms with E-state index in [0.717, 1.165) is 18.2 Å². The molecule has 0 radical (unpaired) electrons. The minimum Gasteiger partial charge on any atom is -0.384 e. The lowest BCUT2D eigenvalue weighted by Crippen LogP contribution is -2.20. The number of benzene rings is 2. The zero-order valence-corrected chi connectivity index (χ0v) is 16.2. The third-order valence-electron chi connectivity index (χ3n) is 3.42. The van der Waals surface area contributed by atoms with Gasteiger partial charge in [0.25, 0.3) is 10.0 Å². The summed E-state index contributed by atoms with van der Waals surface area (Å²) in [5, 5.41) is 0. The highest BCUT2D eigenvalue weighted by Gasteiger charge is 2.30. The van der Waals surface area contributed by atoms with Gasteiger partial charge in [0.2, 0.25) is 10.0 Å². The van der Waals surface area contributed by atoms with E-state index < -0.39 is 31.8 Å². The predicted molar refractivity (Wildman–Crippen MR) is 98.0 cm³/mol. The number of ether oxygens (including phenoxy) is 1. The number of hydrogen-bond donors (Lipinski definition) is 2. The number of anilines is 2. The minimum absolute atomic E-state index is 0.0111. The number of rotatable bonds is 8. The van der Waals surface area contributed by atoms with E-state index in [1.165, 1.54) is 31.4 Å². The first-order valence-corrected chi connectivity index (χ1v) is 10.9. The fraction of sp³-hybridized carbons (Fsp3) is 0.250. The zero-order valence-electron chi connectivity index (χ0n) is 14.5. The SMILES string of the molecule is COCCS(=O)(=O)Nc1cccc(S(=O)(=O)Nc2cccc(C(F)(F)F)c2)c1. The summed E-state index contributed by atoms with van der Waals surface area (Å²) in [6, 6.07) is 8.60. The Kier molecular flexibility index (Phi) is 6.57. The summed E-state index contributed by atoms with van der Waals surface area (Å²) in [5.74, 6) is -0.330. The van der Waals surface area contributed by atoms with E-state index >= 15 is 0 Å². The van der Waals surface area contributed by atoms with Crippen LogP contribution < -0.4 is 9.44 Å². The summed E-state index contributed by atoms with van der Waals surface area (Å²) in [6.45, 7) is -0.0512. The maximum atomic E-state index is 12.8. The molecule has 0 aromatic heterocycles. The molecule has 0 amide bonds. The van der Waals surface area contributed by atoms with Crippen LogP contribution in [0.25, 0.3) is 0 Å². The van der Waals surface area contributed by atoms with Gasteiger partial charge in [0.05, 0.1) is 22.8 Å². The highest BCUT2D eigenvalue weighted by molar-refractivity contribution is 7.93. The molecule has 0 fully saturated rings. The van der Waals surface area contributed by atoms with E-state index in [1.807, 2.05) is 4.72 Å². The van der Waals surface area contributed by atoms with Gasteiger partial charge in [0, 0.05) is 18.5 Å². The van der Waals surface area contributed by atoms with Crippen LogP contribution in [0.2, 0.25) is 0 Å². The molecule has 0 aliphatic rings. The molecule has 0 spiro atoms. The maximum Gasteiger partial charge on any atom is 0.416 e. The molecule has 154 valence electrons. The van der Waals surface area contributed by atoms with Crippen LogP contribution in [0.15, 0.2) is 53.4 Å². The van der Waals surface area contributed by atoms with Gasteiger partial charge in [-0.25, -0.2) is 16.8 Å². The molecule has 28 heavy (non-hydrogen) atoms. The standard InChI is InChI=1S/C16H17F3N2O5S2/c1-26-8-9-27(22,23)20-14-6-3-7-15(11-14)28(24,25)21-13-5-2-4-12(10-13)16(17,18)19/h2-7,10-11,20-21H,8-9H2,1H3. The van der Waals surface area contributed by atoms with Crippen LogP contribution in [0, 0.1) is 0 Å². The molecule has 0 aliphatic heterocycles. The Morgan fingerprint density at radius 2 is 1.54 bits per heavy atom. The number of alkyl halides is 3. The Balaban J connectivity index is 2.25. The van der Waals surface area contributed by atoms with Crippen molar-refractivity contribution in [3.05, 3.63) is 54.1 Å². The Bertz CT molecular complexity index is 1040. The molecule has 12 heteroatoms. The van der Waals surface area contributed by atoms with Crippen LogP contribution in [0.4, 0.5) is 24.5 Å². The Hall–Kier alpha value is -2.31. The smallest absolute Gasteiger partial charge is 0.384 e. The highest BCUT2D eigenvalue weighted by Crippen LogP contribution is 2.31. The first-order chi connectivity index (χ1) is 12.9. The van der Waals surface area contributed by atoms with Crippen molar-refractivity contribution < 1.29 is 34.7 Å². The van der Waals surface area contributed by atoms with Gasteiger partial charge in [-0.15, -0.1) is 0 Å². The van der Waals surface area contributed by atoms with Crippen molar-refractivity contribution in [2.75, 3.05) is 28.9 Å². The number of nitrogens with one attached hydrogen (secondary N) is 2. The third kappa shape index (κ3) is 6.11. The van der Waals surface area contributed by atoms with E-state index in [9.17, 15) is 30.0 Å². The molecule has 2 aromatic carbocycles. The largest absolute Gasteiger partial charge is 0.416 e. The second kappa shape index (κ2) is 8.37. The lowest BCUT2D eigenvalue weighted by molar-refractivity contribution is -0.137. The number of methoxy groups -OCH3 is 1. The summed E-state index contributed by atoms with van der Waals surface area (Å²) < 4.78 is 95.9. The van der Waals surface area contributed by atoms with Crippen LogP contribution >= 0.6 is 0 Å². The minimum atomic E-state index is -4.62. The predicted octanol–water partition coefficient (Wildman–Crippen LogP) is 2.89. The fourth-order valence-electron chi connectivity index (χ4n) is 2.12. The van der Waals surface area contributed by atoms with Gasteiger partial charge in [-0.2, -0.15) is 13.2 Å². The molecule has 0 unspecified atom stereocenters. The molecule has 0 atom stereocenters. The highest BCUT2D eigenvalue weighted by atomic mass is 32.2. The Morgan fingerprint density at radius 3 is 2.14 bits per heavy atom. The lowest BCUT2D eigenvalue weighted by atomic mass is 10.2. The first kappa shape index (κ1) is 22.0. The maximum absolute atomic E-state index is 12.8. The van der Waals surface area contributed by atoms with Crippen molar-refractivity contribution in [3.63, 3.8) is 0 Å². The molecule has 0 heterocycles. The normalized spacial score (nSPS) is 12.6. The number of halogens is 3. The summed E-state index contributed by atoms with van der Waals surface area (Å²) in [5.41, 5.74) is -1.30. The molecule has 2 rings (SSSR count). The van der Waals surface area contributed by atoms with Gasteiger partial charge in [0.15, 0.2) is 0 Å². The monoisotopic (exact) mass is 438 g/mol. The first-order valence-electron chi connectivity index (χ1n) is 7.72. The molecule has 0 aliphatic carbocycles. The second-order valence-corrected chi connectivity index (χ2v) is 9.15. The summed E-state index contributed by atoms with van der Waals surface area (Å²) in [7, 11) is -6.67. The van der Waals surface area contributed by atoms with Crippen molar-refractivity contribution >= 4 is 31.4 Å². The van der Waals surface area contributed by atoms with E-state index in [4.69, 9.17) is 0 Å². The van der Waals surface area contributed by atoms with E-state index in [0.29, 0.717) is 6.07 Å². The molecule has 0 saturated carbocycles. The fourth-order valence-corrected chi connectivity index (χ4v) is 4.19. The van der Waals surface area contributed by atoms with Gasteiger partial charge in [0.1, 0.15) is 0 Å². The van der Waals surface area contributed by atoms with Gasteiger partial charge in [-0.3, -0.25) is 9.44 Å². The van der Waals surface area contributed by atoms with Crippen molar-refractivity contribution in [1.82, 2.24) is 0 Å².